The molecule has 0 bridgehead atoms. The molecule has 14 N–H and O–H groups in total. The van der Waals surface area contributed by atoms with E-state index in [0.29, 0.717) is 28.7 Å². The summed E-state index contributed by atoms with van der Waals surface area (Å²) in [5.74, 6) is -8.37. The number of phenolic OH excluding ortho intramolecular Hbond substituents is 1. The van der Waals surface area contributed by atoms with Gasteiger partial charge in [0.05, 0.1) is 50.1 Å². The van der Waals surface area contributed by atoms with Gasteiger partial charge in [0, 0.05) is 38.0 Å². The van der Waals surface area contributed by atoms with Crippen molar-refractivity contribution in [1.82, 2.24) is 41.7 Å². The summed E-state index contributed by atoms with van der Waals surface area (Å²) in [7, 11) is 0. The first-order valence-electron chi connectivity index (χ1n) is 29.9. The first-order valence-corrected chi connectivity index (χ1v) is 29.9. The molecule has 90 heavy (non-hydrogen) atoms. The number of benzene rings is 4. The molecule has 28 nitrogen and oxygen atoms in total. The predicted molar refractivity (Wildman–Crippen MR) is 318 cm³/mol. The van der Waals surface area contributed by atoms with Crippen LogP contribution in [0.5, 0.6) is 11.5 Å². The van der Waals surface area contributed by atoms with Gasteiger partial charge in [-0.1, -0.05) is 87.2 Å². The molecule has 4 aromatic rings. The lowest BCUT2D eigenvalue weighted by molar-refractivity contribution is -0.149. The highest BCUT2D eigenvalue weighted by Gasteiger charge is 2.49. The number of aliphatic hydroxyl groups excluding tert-OH is 7. The first-order chi connectivity index (χ1) is 43.1. The largest absolute Gasteiger partial charge is 0.508 e. The fourth-order valence-electron chi connectivity index (χ4n) is 10.8. The minimum atomic E-state index is -2.38. The zero-order chi connectivity index (χ0) is 65.2. The van der Waals surface area contributed by atoms with Gasteiger partial charge in [0.2, 0.25) is 35.4 Å². The quantitative estimate of drug-likeness (QED) is 0.0457. The number of ether oxygens (including phenoxy) is 3. The van der Waals surface area contributed by atoms with E-state index in [1.807, 2.05) is 0 Å². The Morgan fingerprint density at radius 1 is 0.733 bits per heavy atom. The summed E-state index contributed by atoms with van der Waals surface area (Å²) in [5, 5.41) is 116. The Labute approximate surface area is 518 Å². The Hall–Kier alpha value is -8.53. The molecule has 3 aliphatic heterocycles. The van der Waals surface area contributed by atoms with Crippen molar-refractivity contribution >= 4 is 58.2 Å². The Morgan fingerprint density at radius 3 is 2.12 bits per heavy atom. The number of phenols is 1. The van der Waals surface area contributed by atoms with Crippen molar-refractivity contribution in [2.75, 3.05) is 32.8 Å². The van der Waals surface area contributed by atoms with E-state index in [4.69, 9.17) is 14.2 Å². The van der Waals surface area contributed by atoms with E-state index >= 15 is 0 Å². The van der Waals surface area contributed by atoms with Gasteiger partial charge in [-0.05, 0) is 78.1 Å². The van der Waals surface area contributed by atoms with Crippen LogP contribution in [-0.4, -0.2) is 210 Å². The van der Waals surface area contributed by atoms with E-state index in [9.17, 15) is 84.5 Å². The molecule has 7 rings (SSSR count). The maximum Gasteiger partial charge on any atom is 0.407 e. The number of hydrogen-bond acceptors (Lipinski definition) is 20. The smallest absolute Gasteiger partial charge is 0.407 e. The molecule has 0 aliphatic carbocycles. The molecular weight excluding hydrogens is 1170 g/mol. The van der Waals surface area contributed by atoms with Crippen LogP contribution in [0.25, 0.3) is 10.8 Å². The van der Waals surface area contributed by atoms with Crippen molar-refractivity contribution in [1.29, 1.82) is 5.26 Å². The third-order valence-corrected chi connectivity index (χ3v) is 15.8. The number of fused-ring (bicyclic) bond motifs is 3. The molecule has 0 saturated carbocycles. The number of nitriles is 1. The lowest BCUT2D eigenvalue weighted by Gasteiger charge is -2.34. The van der Waals surface area contributed by atoms with Crippen LogP contribution in [-0.2, 0) is 44.8 Å². The summed E-state index contributed by atoms with van der Waals surface area (Å²) in [5.41, 5.74) is 0.541. The summed E-state index contributed by atoms with van der Waals surface area (Å²) in [6.07, 6.45) is -14.0. The van der Waals surface area contributed by atoms with Crippen molar-refractivity contribution in [2.45, 2.75) is 163 Å². The van der Waals surface area contributed by atoms with Crippen molar-refractivity contribution in [3.05, 3.63) is 108 Å². The van der Waals surface area contributed by atoms with Crippen LogP contribution < -0.4 is 36.6 Å². The van der Waals surface area contributed by atoms with Crippen LogP contribution in [0.3, 0.4) is 0 Å². The number of carbonyl (C=O) groups excluding carboxylic acids is 8. The minimum Gasteiger partial charge on any atom is -0.508 e. The van der Waals surface area contributed by atoms with E-state index in [2.05, 4.69) is 38.8 Å². The number of aliphatic hydroxyl groups is 7. The molecule has 14 atom stereocenters. The zero-order valence-corrected chi connectivity index (χ0v) is 49.8. The van der Waals surface area contributed by atoms with Crippen molar-refractivity contribution in [3.63, 3.8) is 0 Å². The number of rotatable bonds is 21. The monoisotopic (exact) mass is 1250 g/mol. The van der Waals surface area contributed by atoms with Gasteiger partial charge in [-0.15, -0.1) is 0 Å². The average Bonchev–Trinajstić information content (AvgIpc) is 1.82. The van der Waals surface area contributed by atoms with Gasteiger partial charge in [0.1, 0.15) is 72.7 Å². The maximum absolute atomic E-state index is 14.8. The van der Waals surface area contributed by atoms with Crippen molar-refractivity contribution < 1.29 is 93.4 Å². The molecule has 4 aromatic carbocycles. The van der Waals surface area contributed by atoms with Gasteiger partial charge in [-0.25, -0.2) is 4.79 Å². The van der Waals surface area contributed by atoms with Crippen LogP contribution >= 0.6 is 0 Å². The molecule has 0 unspecified atom stereocenters. The van der Waals surface area contributed by atoms with Crippen molar-refractivity contribution in [3.8, 4) is 17.6 Å². The van der Waals surface area contributed by atoms with Crippen LogP contribution in [0, 0.1) is 11.3 Å². The molecule has 0 aromatic heterocycles. The molecule has 486 valence electrons. The van der Waals surface area contributed by atoms with Crippen LogP contribution in [0.4, 0.5) is 4.79 Å². The van der Waals surface area contributed by atoms with E-state index in [1.54, 1.807) is 60.7 Å². The molecule has 28 heteroatoms. The molecule has 0 radical (unpaired) electrons. The predicted octanol–water partition coefficient (Wildman–Crippen LogP) is -0.729. The topological polar surface area (TPSA) is 429 Å². The second-order valence-corrected chi connectivity index (χ2v) is 22.5. The Morgan fingerprint density at radius 2 is 1.41 bits per heavy atom. The number of nitrogens with zero attached hydrogens (tertiary/aromatic N) is 3. The second-order valence-electron chi connectivity index (χ2n) is 22.5. The molecular formula is C62H79N9O19. The Kier molecular flexibility index (Phi) is 25.1. The summed E-state index contributed by atoms with van der Waals surface area (Å²) in [6, 6.07) is 12.6. The average molecular weight is 1250 g/mol. The number of hydrogen-bond donors (Lipinski definition) is 14. The van der Waals surface area contributed by atoms with E-state index in [0.717, 1.165) is 61.0 Å². The Balaban J connectivity index is 1.26. The number of nitrogens with one attached hydrogen (secondary N) is 6. The first kappa shape index (κ1) is 69.0. The zero-order valence-electron chi connectivity index (χ0n) is 49.8. The van der Waals surface area contributed by atoms with Gasteiger partial charge in [-0.3, -0.25) is 33.6 Å². The normalized spacial score (nSPS) is 25.2. The summed E-state index contributed by atoms with van der Waals surface area (Å²) in [6.45, 7) is 1.65. The molecule has 8 amide bonds. The SMILES string of the molecule is CCCCCCCOc1ccc2cc(C(=O)N[C@H]3C[C@@H](O)[C@@H](OCCNC(=O)OCc4ccccc4)NC(=O)[C@@H]4[C@@H](O)CCN4C(=O)[C@H]([C@H](O)CC#N)NC(=O)[C@H]([C@H](O)[C@H](O)c4ccc(O)cc4)NC(=O)[C@@H]4C[C@@H](O)CN4C(=O)[C@H]([C@@H](C)O)NC3=O)ccc2c1. The fourth-order valence-corrected chi connectivity index (χ4v) is 10.8. The van der Waals surface area contributed by atoms with Gasteiger partial charge >= 0.3 is 6.09 Å². The van der Waals surface area contributed by atoms with Crippen LogP contribution in [0.15, 0.2) is 91.0 Å². The summed E-state index contributed by atoms with van der Waals surface area (Å²) >= 11 is 0. The van der Waals surface area contributed by atoms with E-state index < -0.39 is 172 Å². The van der Waals surface area contributed by atoms with Gasteiger partial charge < -0.3 is 96.8 Å². The molecule has 0 spiro atoms. The maximum atomic E-state index is 14.8. The third kappa shape index (κ3) is 18.3. The lowest BCUT2D eigenvalue weighted by Crippen LogP contribution is -2.64. The van der Waals surface area contributed by atoms with E-state index in [1.165, 1.54) is 24.3 Å². The van der Waals surface area contributed by atoms with Gasteiger partial charge in [0.25, 0.3) is 5.91 Å². The number of alkyl carbamates (subject to hydrolysis) is 1. The Bertz CT molecular complexity index is 3170. The van der Waals surface area contributed by atoms with Crippen LogP contribution in [0.1, 0.15) is 99.2 Å². The second kappa shape index (κ2) is 32.8. The number of amides is 8. The number of aromatic hydroxyl groups is 1. The molecule has 3 fully saturated rings. The van der Waals surface area contributed by atoms with Gasteiger partial charge in [0.15, 0.2) is 6.23 Å². The third-order valence-electron chi connectivity index (χ3n) is 15.8. The standard InChI is InChI=1S/C62H79N9O19/c1-3-4-5-6-10-26-88-42-20-17-37-28-39(14-13-38(37)29-42)54(80)65-43-31-47(77)59(89-27-24-64-62(87)90-33-35-11-8-7-9-12-35)69-58(84)51-46(76)22-25-70(51)61(86)49(45(75)21-23-63)67-57(83)50(53(79)52(78)36-15-18-40(73)19-16-36)68-56(82)44-30-41(74)32-71(44)60(85)48(34(2)72)66-55(43)81/h7-9,11-20,28-29,34,41,43-53,59,72-79H,3-6,10,21-22,24-27,30-33H2,1-2H3,(H,64,87)(H,65,80)(H,66,81)(H,67,83)(H,68,82)(H,69,84)/t34-,41-,43+,44+,45-,46+,47-,48+,49+,50+,51+,52-,53+,59-/m1/s1. The number of unbranched alkanes of at least 4 members (excludes halogenated alkanes) is 4. The van der Waals surface area contributed by atoms with Crippen molar-refractivity contribution in [2.24, 2.45) is 0 Å². The fraction of sp³-hybridized carbons (Fsp3) is 0.500. The summed E-state index contributed by atoms with van der Waals surface area (Å²) < 4.78 is 17.2. The van der Waals surface area contributed by atoms with Crippen LogP contribution in [0.2, 0.25) is 0 Å². The highest BCUT2D eigenvalue weighted by Crippen LogP contribution is 2.28. The number of carbonyl (C=O) groups is 8. The highest BCUT2D eigenvalue weighted by atomic mass is 16.6. The highest BCUT2D eigenvalue weighted by molar-refractivity contribution is 6.02. The molecule has 3 heterocycles. The minimum absolute atomic E-state index is 0.00344. The summed E-state index contributed by atoms with van der Waals surface area (Å²) in [4.78, 5) is 117. The molecule has 3 saturated heterocycles. The van der Waals surface area contributed by atoms with Gasteiger partial charge in [-0.2, -0.15) is 5.26 Å². The molecule has 3 aliphatic rings. The van der Waals surface area contributed by atoms with E-state index in [-0.39, 0.29) is 36.4 Å². The lowest BCUT2D eigenvalue weighted by atomic mass is 9.96.